The van der Waals surface area contributed by atoms with Crippen LogP contribution in [0.5, 0.6) is 5.75 Å². The Labute approximate surface area is 220 Å². The molecule has 11 heteroatoms. The van der Waals surface area contributed by atoms with Crippen LogP contribution in [0.2, 0.25) is 5.02 Å². The summed E-state index contributed by atoms with van der Waals surface area (Å²) in [6, 6.07) is 15.1. The van der Waals surface area contributed by atoms with Crippen LogP contribution in [0.4, 0.5) is 32.5 Å². The lowest BCUT2D eigenvalue weighted by Gasteiger charge is -2.14. The SMILES string of the molecule is [C-]#[N+]c1ccc(NC(=O)Nc2cc(Cl)ccc2OCCCNC(=O)NCc2ccc(N(C)C)cc2)nc1. The summed E-state index contributed by atoms with van der Waals surface area (Å²) in [7, 11) is 3.95. The zero-order valence-corrected chi connectivity index (χ0v) is 21.3. The van der Waals surface area contributed by atoms with E-state index in [1.807, 2.05) is 43.3 Å². The van der Waals surface area contributed by atoms with Gasteiger partial charge in [-0.05, 0) is 48.4 Å². The van der Waals surface area contributed by atoms with Gasteiger partial charge in [0.25, 0.3) is 0 Å². The number of rotatable bonds is 10. The minimum atomic E-state index is -0.537. The molecule has 4 amide bonds. The minimum Gasteiger partial charge on any atom is -0.491 e. The van der Waals surface area contributed by atoms with Crippen molar-refractivity contribution in [2.75, 3.05) is 42.8 Å². The number of carbonyl (C=O) groups is 2. The van der Waals surface area contributed by atoms with Crippen molar-refractivity contribution in [3.63, 3.8) is 0 Å². The van der Waals surface area contributed by atoms with Crippen LogP contribution in [0.1, 0.15) is 12.0 Å². The Morgan fingerprint density at radius 1 is 1.03 bits per heavy atom. The predicted molar refractivity (Wildman–Crippen MR) is 146 cm³/mol. The first-order chi connectivity index (χ1) is 17.8. The molecular weight excluding hydrogens is 494 g/mol. The molecule has 0 saturated carbocycles. The van der Waals surface area contributed by atoms with Crippen LogP contribution in [-0.2, 0) is 6.54 Å². The standard InChI is InChI=1S/C26H28ClN7O3/c1-28-20-8-12-24(30-17-20)33-26(36)32-22-15-19(27)7-11-23(22)37-14-4-13-29-25(35)31-16-18-5-9-21(10-6-18)34(2)3/h5-12,15,17H,4,13-14,16H2,2-3H3,(H2,29,31,35)(H2,30,32,33,36). The fraction of sp³-hybridized carbons (Fsp3) is 0.231. The Morgan fingerprint density at radius 3 is 2.49 bits per heavy atom. The maximum atomic E-state index is 12.4. The third-order valence-corrected chi connectivity index (χ3v) is 5.31. The van der Waals surface area contributed by atoms with Gasteiger partial charge in [0.2, 0.25) is 5.69 Å². The molecule has 0 spiro atoms. The molecule has 3 rings (SSSR count). The van der Waals surface area contributed by atoms with E-state index in [0.29, 0.717) is 54.1 Å². The molecule has 10 nitrogen and oxygen atoms in total. The topological polar surface area (TPSA) is 112 Å². The summed E-state index contributed by atoms with van der Waals surface area (Å²) in [6.45, 7) is 8.10. The predicted octanol–water partition coefficient (Wildman–Crippen LogP) is 5.26. The van der Waals surface area contributed by atoms with E-state index < -0.39 is 6.03 Å². The van der Waals surface area contributed by atoms with Gasteiger partial charge in [0.1, 0.15) is 11.6 Å². The van der Waals surface area contributed by atoms with Gasteiger partial charge < -0.3 is 25.6 Å². The molecule has 4 N–H and O–H groups in total. The zero-order valence-electron chi connectivity index (χ0n) is 20.5. The summed E-state index contributed by atoms with van der Waals surface area (Å²) in [4.78, 5) is 33.7. The minimum absolute atomic E-state index is 0.264. The highest BCUT2D eigenvalue weighted by atomic mass is 35.5. The third kappa shape index (κ3) is 8.91. The maximum Gasteiger partial charge on any atom is 0.324 e. The molecule has 2 aromatic carbocycles. The van der Waals surface area contributed by atoms with Gasteiger partial charge in [-0.1, -0.05) is 29.8 Å². The first-order valence-electron chi connectivity index (χ1n) is 11.5. The van der Waals surface area contributed by atoms with Gasteiger partial charge >= 0.3 is 12.1 Å². The lowest BCUT2D eigenvalue weighted by atomic mass is 10.2. The van der Waals surface area contributed by atoms with Crippen molar-refractivity contribution in [2.45, 2.75) is 13.0 Å². The Bertz CT molecular complexity index is 1240. The number of pyridine rings is 1. The number of halogens is 1. The molecule has 0 bridgehead atoms. The van der Waals surface area contributed by atoms with Crippen molar-refractivity contribution in [3.05, 3.63) is 82.8 Å². The molecule has 3 aromatic rings. The fourth-order valence-corrected chi connectivity index (χ4v) is 3.31. The van der Waals surface area contributed by atoms with Gasteiger partial charge in [0.05, 0.1) is 18.9 Å². The summed E-state index contributed by atoms with van der Waals surface area (Å²) in [5.41, 5.74) is 2.86. The molecule has 0 aliphatic heterocycles. The van der Waals surface area contributed by atoms with E-state index in [-0.39, 0.29) is 6.03 Å². The van der Waals surface area contributed by atoms with Crippen LogP contribution in [0.25, 0.3) is 4.85 Å². The number of amides is 4. The van der Waals surface area contributed by atoms with Crippen LogP contribution in [0.3, 0.4) is 0 Å². The van der Waals surface area contributed by atoms with Crippen LogP contribution in [0.15, 0.2) is 60.8 Å². The highest BCUT2D eigenvalue weighted by Gasteiger charge is 2.10. The van der Waals surface area contributed by atoms with E-state index in [4.69, 9.17) is 22.9 Å². The molecule has 0 atom stereocenters. The summed E-state index contributed by atoms with van der Waals surface area (Å²) >= 11 is 6.08. The Morgan fingerprint density at radius 2 is 1.81 bits per heavy atom. The number of nitrogens with zero attached hydrogens (tertiary/aromatic N) is 3. The van der Waals surface area contributed by atoms with Gasteiger partial charge in [0, 0.05) is 44.1 Å². The number of hydrogen-bond acceptors (Lipinski definition) is 5. The molecule has 0 aliphatic carbocycles. The monoisotopic (exact) mass is 521 g/mol. The molecule has 0 unspecified atom stereocenters. The lowest BCUT2D eigenvalue weighted by molar-refractivity contribution is 0.238. The second-order valence-electron chi connectivity index (χ2n) is 8.11. The van der Waals surface area contributed by atoms with Crippen LogP contribution in [0, 0.1) is 6.57 Å². The summed E-state index contributed by atoms with van der Waals surface area (Å²) in [5, 5.41) is 11.3. The summed E-state index contributed by atoms with van der Waals surface area (Å²) < 4.78 is 5.79. The van der Waals surface area contributed by atoms with E-state index >= 15 is 0 Å². The maximum absolute atomic E-state index is 12.4. The quantitative estimate of drug-likeness (QED) is 0.215. The average Bonchev–Trinajstić information content (AvgIpc) is 2.89. The molecule has 1 heterocycles. The molecule has 1 aromatic heterocycles. The molecule has 0 saturated heterocycles. The number of carbonyl (C=O) groups excluding carboxylic acids is 2. The van der Waals surface area contributed by atoms with Crippen LogP contribution >= 0.6 is 11.6 Å². The molecule has 0 fully saturated rings. The number of aromatic nitrogens is 1. The van der Waals surface area contributed by atoms with Crippen molar-refractivity contribution in [1.29, 1.82) is 0 Å². The number of ether oxygens (including phenoxy) is 1. The number of urea groups is 2. The number of benzene rings is 2. The lowest BCUT2D eigenvalue weighted by Crippen LogP contribution is -2.36. The second-order valence-corrected chi connectivity index (χ2v) is 8.54. The highest BCUT2D eigenvalue weighted by Crippen LogP contribution is 2.28. The first-order valence-corrected chi connectivity index (χ1v) is 11.8. The molecule has 0 aliphatic rings. The third-order valence-electron chi connectivity index (χ3n) is 5.08. The molecular formula is C26H28ClN7O3. The Kier molecular flexibility index (Phi) is 9.93. The number of anilines is 3. The smallest absolute Gasteiger partial charge is 0.324 e. The first kappa shape index (κ1) is 27.1. The Balaban J connectivity index is 1.40. The van der Waals surface area contributed by atoms with Crippen LogP contribution < -0.4 is 30.9 Å². The second kappa shape index (κ2) is 13.6. The largest absolute Gasteiger partial charge is 0.491 e. The van der Waals surface area contributed by atoms with Gasteiger partial charge in [0.15, 0.2) is 0 Å². The molecule has 0 radical (unpaired) electrons. The molecule has 192 valence electrons. The number of nitrogens with one attached hydrogen (secondary N) is 4. The number of hydrogen-bond donors (Lipinski definition) is 4. The van der Waals surface area contributed by atoms with Crippen molar-refractivity contribution in [3.8, 4) is 5.75 Å². The Hall–Kier alpha value is -4.49. The van der Waals surface area contributed by atoms with E-state index in [0.717, 1.165) is 11.3 Å². The van der Waals surface area contributed by atoms with Gasteiger partial charge in [-0.3, -0.25) is 10.3 Å². The highest BCUT2D eigenvalue weighted by molar-refractivity contribution is 6.31. The van der Waals surface area contributed by atoms with E-state index in [1.165, 1.54) is 12.3 Å². The van der Waals surface area contributed by atoms with Crippen LogP contribution in [-0.4, -0.2) is 44.3 Å². The average molecular weight is 522 g/mol. The van der Waals surface area contributed by atoms with Gasteiger partial charge in [-0.25, -0.2) is 14.4 Å². The summed E-state index contributed by atoms with van der Waals surface area (Å²) in [5.74, 6) is 0.728. The van der Waals surface area contributed by atoms with E-state index in [1.54, 1.807) is 24.3 Å². The van der Waals surface area contributed by atoms with Crippen molar-refractivity contribution in [2.24, 2.45) is 0 Å². The van der Waals surface area contributed by atoms with Crippen molar-refractivity contribution >= 4 is 46.5 Å². The van der Waals surface area contributed by atoms with E-state index in [2.05, 4.69) is 31.1 Å². The summed E-state index contributed by atoms with van der Waals surface area (Å²) in [6.07, 6.45) is 1.92. The zero-order chi connectivity index (χ0) is 26.6. The van der Waals surface area contributed by atoms with Crippen molar-refractivity contribution in [1.82, 2.24) is 15.6 Å². The van der Waals surface area contributed by atoms with Gasteiger partial charge in [-0.15, -0.1) is 0 Å². The normalized spacial score (nSPS) is 10.1. The van der Waals surface area contributed by atoms with Crippen molar-refractivity contribution < 1.29 is 14.3 Å². The van der Waals surface area contributed by atoms with Gasteiger partial charge in [-0.2, -0.15) is 0 Å². The fourth-order valence-electron chi connectivity index (χ4n) is 3.13. The molecule has 37 heavy (non-hydrogen) atoms. The van der Waals surface area contributed by atoms with E-state index in [9.17, 15) is 9.59 Å².